The molecule has 10 heteroatoms. The van der Waals surface area contributed by atoms with Gasteiger partial charge >= 0.3 is 0 Å². The van der Waals surface area contributed by atoms with Gasteiger partial charge in [-0.2, -0.15) is 4.98 Å². The van der Waals surface area contributed by atoms with E-state index in [1.165, 1.54) is 0 Å². The van der Waals surface area contributed by atoms with Crippen LogP contribution in [0.5, 0.6) is 0 Å². The summed E-state index contributed by atoms with van der Waals surface area (Å²) < 4.78 is 27.3. The Morgan fingerprint density at radius 3 is 2.30 bits per heavy atom. The fraction of sp³-hybridized carbons (Fsp3) is 0.370. The third-order valence-electron chi connectivity index (χ3n) is 6.68. The summed E-state index contributed by atoms with van der Waals surface area (Å²) in [6.45, 7) is 3.21. The van der Waals surface area contributed by atoms with Gasteiger partial charge in [0, 0.05) is 7.11 Å². The Morgan fingerprint density at radius 2 is 1.65 bits per heavy atom. The number of fused-ring (bicyclic) bond motifs is 1. The van der Waals surface area contributed by atoms with Gasteiger partial charge in [0.2, 0.25) is 5.28 Å². The molecule has 1 aliphatic rings. The van der Waals surface area contributed by atoms with Crippen LogP contribution in [0.25, 0.3) is 11.2 Å². The van der Waals surface area contributed by atoms with Crippen LogP contribution in [0.15, 0.2) is 67.0 Å². The summed E-state index contributed by atoms with van der Waals surface area (Å²) in [6, 6.07) is 20.0. The van der Waals surface area contributed by atoms with E-state index in [0.717, 1.165) is 11.1 Å². The molecule has 1 saturated heterocycles. The summed E-state index contributed by atoms with van der Waals surface area (Å²) in [5.74, 6) is 0. The van der Waals surface area contributed by atoms with Crippen molar-refractivity contribution in [1.29, 1.82) is 0 Å². The largest absolute Gasteiger partial charge is 0.374 e. The highest BCUT2D eigenvalue weighted by Crippen LogP contribution is 2.44. The Hall–Kier alpha value is -2.59. The van der Waals surface area contributed by atoms with Crippen LogP contribution < -0.4 is 0 Å². The molecule has 4 atom stereocenters. The molecule has 4 aromatic rings. The average Bonchev–Trinajstić information content (AvgIpc) is 3.47. The zero-order valence-electron chi connectivity index (χ0n) is 20.6. The van der Waals surface area contributed by atoms with Crippen molar-refractivity contribution >= 4 is 34.4 Å². The van der Waals surface area contributed by atoms with Crippen LogP contribution in [0.3, 0.4) is 0 Å². The maximum Gasteiger partial charge on any atom is 0.225 e. The minimum absolute atomic E-state index is 0.0241. The number of hydrogen-bond donors (Lipinski definition) is 0. The topological polar surface area (TPSA) is 80.5 Å². The van der Waals surface area contributed by atoms with Gasteiger partial charge in [-0.3, -0.25) is 4.57 Å². The summed E-state index contributed by atoms with van der Waals surface area (Å²) in [7, 11) is 1.64. The SMILES string of the molecule is CC[C@@]1(COCc2ccccc2)OC(n2cnc3c(Cl)nc(Cl)nc32)C(OC)C1OCc1ccccc1. The first-order valence-corrected chi connectivity index (χ1v) is 12.8. The van der Waals surface area contributed by atoms with Crippen LogP contribution in [-0.2, 0) is 32.2 Å². The molecule has 0 saturated carbocycles. The molecule has 0 radical (unpaired) electrons. The molecule has 37 heavy (non-hydrogen) atoms. The average molecular weight is 543 g/mol. The zero-order valence-corrected chi connectivity index (χ0v) is 22.1. The number of benzene rings is 2. The Balaban J connectivity index is 1.47. The van der Waals surface area contributed by atoms with E-state index in [9.17, 15) is 0 Å². The normalized spacial score (nSPS) is 23.6. The van der Waals surface area contributed by atoms with Crippen LogP contribution in [0, 0.1) is 0 Å². The molecule has 2 aromatic carbocycles. The fourth-order valence-corrected chi connectivity index (χ4v) is 5.17. The van der Waals surface area contributed by atoms with E-state index in [2.05, 4.69) is 21.9 Å². The maximum atomic E-state index is 6.77. The fourth-order valence-electron chi connectivity index (χ4n) is 4.75. The number of aromatic nitrogens is 4. The van der Waals surface area contributed by atoms with Gasteiger partial charge in [0.25, 0.3) is 0 Å². The first-order valence-electron chi connectivity index (χ1n) is 12.1. The summed E-state index contributed by atoms with van der Waals surface area (Å²) >= 11 is 12.4. The van der Waals surface area contributed by atoms with E-state index >= 15 is 0 Å². The lowest BCUT2D eigenvalue weighted by atomic mass is 9.92. The molecule has 0 N–H and O–H groups in total. The highest BCUT2D eigenvalue weighted by atomic mass is 35.5. The van der Waals surface area contributed by atoms with E-state index < -0.39 is 24.0 Å². The number of nitrogens with zero attached hydrogens (tertiary/aromatic N) is 4. The van der Waals surface area contributed by atoms with Crippen LogP contribution >= 0.6 is 23.2 Å². The smallest absolute Gasteiger partial charge is 0.225 e. The molecular weight excluding hydrogens is 515 g/mol. The summed E-state index contributed by atoms with van der Waals surface area (Å²) in [6.07, 6.45) is 0.685. The lowest BCUT2D eigenvalue weighted by Gasteiger charge is -2.34. The lowest BCUT2D eigenvalue weighted by Crippen LogP contribution is -2.48. The third-order valence-corrected chi connectivity index (χ3v) is 7.11. The van der Waals surface area contributed by atoms with Crippen LogP contribution in [0.2, 0.25) is 10.4 Å². The highest BCUT2D eigenvalue weighted by Gasteiger charge is 2.56. The summed E-state index contributed by atoms with van der Waals surface area (Å²) in [5, 5.41) is 0.196. The second kappa shape index (κ2) is 11.4. The minimum atomic E-state index is -0.799. The Labute approximate surface area is 225 Å². The van der Waals surface area contributed by atoms with Gasteiger partial charge in [0.1, 0.15) is 23.3 Å². The summed E-state index contributed by atoms with van der Waals surface area (Å²) in [4.78, 5) is 12.8. The van der Waals surface area contributed by atoms with Crippen molar-refractivity contribution in [2.75, 3.05) is 13.7 Å². The third kappa shape index (κ3) is 5.36. The minimum Gasteiger partial charge on any atom is -0.374 e. The maximum absolute atomic E-state index is 6.77. The van der Waals surface area contributed by atoms with E-state index in [4.69, 9.17) is 42.1 Å². The molecule has 1 aliphatic heterocycles. The second-order valence-electron chi connectivity index (χ2n) is 8.93. The first-order chi connectivity index (χ1) is 18.0. The molecule has 3 unspecified atom stereocenters. The monoisotopic (exact) mass is 542 g/mol. The number of imidazole rings is 1. The predicted molar refractivity (Wildman–Crippen MR) is 140 cm³/mol. The van der Waals surface area contributed by atoms with Gasteiger partial charge < -0.3 is 18.9 Å². The summed E-state index contributed by atoms with van der Waals surface area (Å²) in [5.41, 5.74) is 2.22. The van der Waals surface area contributed by atoms with Gasteiger partial charge in [0.15, 0.2) is 17.0 Å². The second-order valence-corrected chi connectivity index (χ2v) is 9.63. The Kier molecular flexibility index (Phi) is 8.04. The molecule has 2 aromatic heterocycles. The van der Waals surface area contributed by atoms with Crippen LogP contribution in [0.1, 0.15) is 30.7 Å². The van der Waals surface area contributed by atoms with E-state index in [1.54, 1.807) is 18.0 Å². The molecule has 5 rings (SSSR count). The van der Waals surface area contributed by atoms with Crippen molar-refractivity contribution in [1.82, 2.24) is 19.5 Å². The molecule has 0 aliphatic carbocycles. The molecule has 0 spiro atoms. The van der Waals surface area contributed by atoms with E-state index in [-0.39, 0.29) is 10.4 Å². The first kappa shape index (κ1) is 26.0. The van der Waals surface area contributed by atoms with Crippen molar-refractivity contribution < 1.29 is 18.9 Å². The highest BCUT2D eigenvalue weighted by molar-refractivity contribution is 6.35. The number of methoxy groups -OCH3 is 1. The van der Waals surface area contributed by atoms with Gasteiger partial charge in [-0.15, -0.1) is 0 Å². The van der Waals surface area contributed by atoms with Crippen molar-refractivity contribution in [2.24, 2.45) is 0 Å². The van der Waals surface area contributed by atoms with Crippen LogP contribution in [-0.4, -0.2) is 51.0 Å². The Bertz CT molecular complexity index is 1320. The van der Waals surface area contributed by atoms with Crippen molar-refractivity contribution in [3.05, 3.63) is 88.6 Å². The van der Waals surface area contributed by atoms with E-state index in [0.29, 0.717) is 37.4 Å². The molecular formula is C27H28Cl2N4O4. The Morgan fingerprint density at radius 1 is 0.973 bits per heavy atom. The molecule has 0 bridgehead atoms. The standard InChI is InChI=1S/C27H28Cl2N4O4/c1-3-27(16-35-14-18-10-6-4-7-11-18)22(36-15-19-12-8-5-9-13-19)21(34-2)25(37-27)33-17-30-20-23(28)31-26(29)32-24(20)33/h4-13,17,21-22,25H,3,14-16H2,1-2H3/t21?,22?,25?,27-/m0/s1. The molecule has 1 fully saturated rings. The lowest BCUT2D eigenvalue weighted by molar-refractivity contribution is -0.157. The number of rotatable bonds is 10. The van der Waals surface area contributed by atoms with Gasteiger partial charge in [-0.05, 0) is 29.1 Å². The van der Waals surface area contributed by atoms with Gasteiger partial charge in [-0.1, -0.05) is 79.2 Å². The quantitative estimate of drug-likeness (QED) is 0.190. The van der Waals surface area contributed by atoms with Gasteiger partial charge in [-0.25, -0.2) is 9.97 Å². The number of halogens is 2. The van der Waals surface area contributed by atoms with Gasteiger partial charge in [0.05, 0.1) is 26.1 Å². The predicted octanol–water partition coefficient (Wildman–Crippen LogP) is 5.63. The molecule has 0 amide bonds. The zero-order chi connectivity index (χ0) is 25.8. The number of ether oxygens (including phenoxy) is 4. The number of hydrogen-bond acceptors (Lipinski definition) is 7. The molecule has 194 valence electrons. The molecule has 8 nitrogen and oxygen atoms in total. The van der Waals surface area contributed by atoms with Crippen LogP contribution in [0.4, 0.5) is 0 Å². The molecule has 3 heterocycles. The van der Waals surface area contributed by atoms with Crippen molar-refractivity contribution in [3.63, 3.8) is 0 Å². The van der Waals surface area contributed by atoms with Crippen molar-refractivity contribution in [2.45, 2.75) is 50.6 Å². The van der Waals surface area contributed by atoms with Crippen molar-refractivity contribution in [3.8, 4) is 0 Å². The van der Waals surface area contributed by atoms with E-state index in [1.807, 2.05) is 60.7 Å².